The van der Waals surface area contributed by atoms with Gasteiger partial charge >= 0.3 is 0 Å². The fourth-order valence-electron chi connectivity index (χ4n) is 3.88. The molecular weight excluding hydrogens is 380 g/mol. The van der Waals surface area contributed by atoms with Crippen molar-refractivity contribution in [1.29, 1.82) is 0 Å². The predicted molar refractivity (Wildman–Crippen MR) is 107 cm³/mol. The molecule has 0 aromatic heterocycles. The molecule has 1 aromatic rings. The van der Waals surface area contributed by atoms with Crippen LogP contribution in [-0.4, -0.2) is 61.6 Å². The highest BCUT2D eigenvalue weighted by atomic mass is 32.2. The molecule has 2 aliphatic heterocycles. The smallest absolute Gasteiger partial charge is 0.241 e. The van der Waals surface area contributed by atoms with Crippen LogP contribution in [0.4, 0.5) is 0 Å². The van der Waals surface area contributed by atoms with Crippen molar-refractivity contribution in [1.82, 2.24) is 9.21 Å². The van der Waals surface area contributed by atoms with Crippen molar-refractivity contribution in [2.24, 2.45) is 0 Å². The van der Waals surface area contributed by atoms with Gasteiger partial charge in [0.1, 0.15) is 19.3 Å². The lowest BCUT2D eigenvalue weighted by Crippen LogP contribution is -2.53. The number of amides is 1. The molecule has 1 aromatic carbocycles. The first-order valence-electron chi connectivity index (χ1n) is 10.1. The van der Waals surface area contributed by atoms with Gasteiger partial charge in [-0.3, -0.25) is 4.79 Å². The maximum Gasteiger partial charge on any atom is 0.241 e. The fraction of sp³-hybridized carbons (Fsp3) is 0.650. The second-order valence-electron chi connectivity index (χ2n) is 7.23. The van der Waals surface area contributed by atoms with Crippen molar-refractivity contribution >= 4 is 15.9 Å². The first kappa shape index (κ1) is 20.9. The summed E-state index contributed by atoms with van der Waals surface area (Å²) in [4.78, 5) is 15.0. The molecule has 156 valence electrons. The number of benzene rings is 1. The van der Waals surface area contributed by atoms with Crippen molar-refractivity contribution < 1.29 is 22.7 Å². The highest BCUT2D eigenvalue weighted by Crippen LogP contribution is 2.34. The summed E-state index contributed by atoms with van der Waals surface area (Å²) < 4.78 is 38.2. The summed E-state index contributed by atoms with van der Waals surface area (Å²) in [5.74, 6) is 1.33. The van der Waals surface area contributed by atoms with E-state index in [1.165, 1.54) is 4.31 Å². The van der Waals surface area contributed by atoms with E-state index in [0.717, 1.165) is 18.4 Å². The zero-order valence-electron chi connectivity index (χ0n) is 16.7. The molecule has 0 spiro atoms. The van der Waals surface area contributed by atoms with Gasteiger partial charge in [-0.25, -0.2) is 8.42 Å². The molecule has 28 heavy (non-hydrogen) atoms. The minimum Gasteiger partial charge on any atom is -0.486 e. The van der Waals surface area contributed by atoms with E-state index in [4.69, 9.17) is 9.47 Å². The van der Waals surface area contributed by atoms with Crippen LogP contribution in [0.1, 0.15) is 45.1 Å². The van der Waals surface area contributed by atoms with E-state index in [9.17, 15) is 13.2 Å². The standard InChI is InChI=1S/C20H30N2O5S/c1-3-14-28(24,25)22-11-6-5-9-17(22)20(23)21(4-2)15-16-8-7-10-18-19(16)27-13-12-26-18/h7-8,10,17H,3-6,9,11-15H2,1-2H3. The van der Waals surface area contributed by atoms with Crippen LogP contribution in [0, 0.1) is 0 Å². The van der Waals surface area contributed by atoms with Crippen LogP contribution in [0.3, 0.4) is 0 Å². The Morgan fingerprint density at radius 3 is 2.75 bits per heavy atom. The highest BCUT2D eigenvalue weighted by Gasteiger charge is 2.38. The van der Waals surface area contributed by atoms with Crippen LogP contribution in [0.25, 0.3) is 0 Å². The van der Waals surface area contributed by atoms with E-state index in [1.807, 2.05) is 32.0 Å². The Labute approximate surface area is 167 Å². The van der Waals surface area contributed by atoms with Gasteiger partial charge in [0, 0.05) is 25.2 Å². The molecule has 0 radical (unpaired) electrons. The quantitative estimate of drug-likeness (QED) is 0.690. The Morgan fingerprint density at radius 1 is 1.21 bits per heavy atom. The number of rotatable bonds is 7. The molecule has 2 heterocycles. The number of sulfonamides is 1. The van der Waals surface area contributed by atoms with E-state index >= 15 is 0 Å². The maximum absolute atomic E-state index is 13.3. The number of hydrogen-bond donors (Lipinski definition) is 0. The van der Waals surface area contributed by atoms with Gasteiger partial charge in [0.25, 0.3) is 0 Å². The van der Waals surface area contributed by atoms with Crippen LogP contribution < -0.4 is 9.47 Å². The first-order valence-corrected chi connectivity index (χ1v) is 11.7. The first-order chi connectivity index (χ1) is 13.5. The lowest BCUT2D eigenvalue weighted by molar-refractivity contribution is -0.136. The zero-order chi connectivity index (χ0) is 20.1. The van der Waals surface area contributed by atoms with Crippen LogP contribution >= 0.6 is 0 Å². The Kier molecular flexibility index (Phi) is 6.82. The molecule has 1 atom stereocenters. The summed E-state index contributed by atoms with van der Waals surface area (Å²) >= 11 is 0. The average molecular weight is 411 g/mol. The minimum absolute atomic E-state index is 0.0836. The Morgan fingerprint density at radius 2 is 2.00 bits per heavy atom. The largest absolute Gasteiger partial charge is 0.486 e. The van der Waals surface area contributed by atoms with E-state index in [1.54, 1.807) is 4.90 Å². The molecule has 3 rings (SSSR count). The van der Waals surface area contributed by atoms with Gasteiger partial charge in [0.05, 0.1) is 5.75 Å². The molecule has 0 bridgehead atoms. The summed E-state index contributed by atoms with van der Waals surface area (Å²) in [7, 11) is -3.42. The monoisotopic (exact) mass is 410 g/mol. The summed E-state index contributed by atoms with van der Waals surface area (Å²) in [6.07, 6.45) is 2.79. The van der Waals surface area contributed by atoms with Crippen molar-refractivity contribution in [3.63, 3.8) is 0 Å². The summed E-state index contributed by atoms with van der Waals surface area (Å²) in [5.41, 5.74) is 0.881. The summed E-state index contributed by atoms with van der Waals surface area (Å²) in [5, 5.41) is 0. The molecule has 1 fully saturated rings. The van der Waals surface area contributed by atoms with Crippen molar-refractivity contribution in [3.8, 4) is 11.5 Å². The summed E-state index contributed by atoms with van der Waals surface area (Å²) in [6, 6.07) is 5.06. The molecule has 1 amide bonds. The number of likely N-dealkylation sites (N-methyl/N-ethyl adjacent to an activating group) is 1. The molecule has 8 heteroatoms. The normalized spacial score (nSPS) is 20.0. The van der Waals surface area contributed by atoms with E-state index in [-0.39, 0.29) is 11.7 Å². The van der Waals surface area contributed by atoms with Crippen LogP contribution in [0.15, 0.2) is 18.2 Å². The number of hydrogen-bond acceptors (Lipinski definition) is 5. The number of carbonyl (C=O) groups excluding carboxylic acids is 1. The number of piperidine rings is 1. The Balaban J connectivity index is 1.81. The Bertz CT molecular complexity index is 796. The third-order valence-electron chi connectivity index (χ3n) is 5.26. The average Bonchev–Trinajstić information content (AvgIpc) is 2.71. The lowest BCUT2D eigenvalue weighted by atomic mass is 10.0. The number of ether oxygens (including phenoxy) is 2. The van der Waals surface area contributed by atoms with Crippen LogP contribution in [0.5, 0.6) is 11.5 Å². The third kappa shape index (κ3) is 4.43. The van der Waals surface area contributed by atoms with Crippen LogP contribution in [-0.2, 0) is 21.4 Å². The Hall–Kier alpha value is -1.80. The second-order valence-corrected chi connectivity index (χ2v) is 9.27. The zero-order valence-corrected chi connectivity index (χ0v) is 17.5. The molecule has 2 aliphatic rings. The molecular formula is C20H30N2O5S. The van der Waals surface area contributed by atoms with E-state index in [2.05, 4.69) is 0 Å². The number of nitrogens with zero attached hydrogens (tertiary/aromatic N) is 2. The van der Waals surface area contributed by atoms with Crippen molar-refractivity contribution in [2.45, 2.75) is 52.1 Å². The van der Waals surface area contributed by atoms with Gasteiger partial charge < -0.3 is 14.4 Å². The highest BCUT2D eigenvalue weighted by molar-refractivity contribution is 7.89. The molecule has 0 N–H and O–H groups in total. The van der Waals surface area contributed by atoms with Gasteiger partial charge in [0.2, 0.25) is 15.9 Å². The SMILES string of the molecule is CCCS(=O)(=O)N1CCCCC1C(=O)N(CC)Cc1cccc2c1OCCO2. The summed E-state index contributed by atoms with van der Waals surface area (Å²) in [6.45, 7) is 6.06. The molecule has 1 saturated heterocycles. The molecule has 1 unspecified atom stereocenters. The van der Waals surface area contributed by atoms with Gasteiger partial charge in [-0.1, -0.05) is 25.5 Å². The fourth-order valence-corrected chi connectivity index (χ4v) is 5.62. The van der Waals surface area contributed by atoms with Crippen molar-refractivity contribution in [3.05, 3.63) is 23.8 Å². The number of fused-ring (bicyclic) bond motifs is 1. The van der Waals surface area contributed by atoms with Gasteiger partial charge in [-0.2, -0.15) is 4.31 Å². The van der Waals surface area contributed by atoms with E-state index in [0.29, 0.717) is 57.2 Å². The van der Waals surface area contributed by atoms with Crippen molar-refractivity contribution in [2.75, 3.05) is 32.1 Å². The molecule has 7 nitrogen and oxygen atoms in total. The maximum atomic E-state index is 13.3. The molecule has 0 aliphatic carbocycles. The van der Waals surface area contributed by atoms with Gasteiger partial charge in [-0.05, 0) is 32.3 Å². The van der Waals surface area contributed by atoms with E-state index < -0.39 is 16.1 Å². The second kappa shape index (κ2) is 9.13. The topological polar surface area (TPSA) is 76.2 Å². The number of carbonyl (C=O) groups is 1. The third-order valence-corrected chi connectivity index (χ3v) is 7.34. The predicted octanol–water partition coefficient (Wildman–Crippen LogP) is 2.40. The van der Waals surface area contributed by atoms with Gasteiger partial charge in [0.15, 0.2) is 11.5 Å². The number of para-hydroxylation sites is 1. The minimum atomic E-state index is -3.42. The lowest BCUT2D eigenvalue weighted by Gasteiger charge is -2.37. The molecule has 0 saturated carbocycles. The van der Waals surface area contributed by atoms with Crippen LogP contribution in [0.2, 0.25) is 0 Å². The van der Waals surface area contributed by atoms with Gasteiger partial charge in [-0.15, -0.1) is 0 Å².